The second-order valence-electron chi connectivity index (χ2n) is 4.29. The summed E-state index contributed by atoms with van der Waals surface area (Å²) in [5, 5.41) is 8.68. The van der Waals surface area contributed by atoms with Gasteiger partial charge < -0.3 is 0 Å². The van der Waals surface area contributed by atoms with E-state index in [1.807, 2.05) is 0 Å². The van der Waals surface area contributed by atoms with Gasteiger partial charge in [0.25, 0.3) is 0 Å². The molecule has 1 heterocycles. The summed E-state index contributed by atoms with van der Waals surface area (Å²) < 4.78 is 0. The van der Waals surface area contributed by atoms with Crippen LogP contribution in [0.3, 0.4) is 0 Å². The molecule has 0 unspecified atom stereocenters. The number of hydrogen-bond donors (Lipinski definition) is 0. The van der Waals surface area contributed by atoms with E-state index in [1.54, 1.807) is 5.56 Å². The zero-order valence-electron chi connectivity index (χ0n) is 7.22. The van der Waals surface area contributed by atoms with Crippen molar-refractivity contribution in [1.82, 2.24) is 0 Å². The maximum atomic E-state index is 4.37. The first-order valence-corrected chi connectivity index (χ1v) is 4.94. The number of azo groups is 1. The summed E-state index contributed by atoms with van der Waals surface area (Å²) >= 11 is 0. The molecule has 1 aliphatic heterocycles. The zero-order valence-corrected chi connectivity index (χ0v) is 7.22. The summed E-state index contributed by atoms with van der Waals surface area (Å²) in [4.78, 5) is 0. The second-order valence-corrected chi connectivity index (χ2v) is 4.29. The minimum atomic E-state index is 0.502. The van der Waals surface area contributed by atoms with Crippen molar-refractivity contribution >= 4 is 0 Å². The predicted molar refractivity (Wildman–Crippen MR) is 49.0 cm³/mol. The summed E-state index contributed by atoms with van der Waals surface area (Å²) in [5.74, 6) is 1.34. The molecule has 0 radical (unpaired) electrons. The Morgan fingerprint density at radius 1 is 1.08 bits per heavy atom. The Bertz CT molecular complexity index is 410. The lowest BCUT2D eigenvalue weighted by atomic mass is 9.89. The smallest absolute Gasteiger partial charge is 0.0867 e. The molecule has 1 aromatic carbocycles. The van der Waals surface area contributed by atoms with Gasteiger partial charge >= 0.3 is 0 Å². The Balaban J connectivity index is 2.01. The molecule has 2 aliphatic carbocycles. The molecule has 4 rings (SSSR count). The van der Waals surface area contributed by atoms with E-state index in [4.69, 9.17) is 0 Å². The Morgan fingerprint density at radius 3 is 2.85 bits per heavy atom. The Kier molecular flexibility index (Phi) is 0.891. The van der Waals surface area contributed by atoms with Crippen LogP contribution in [0.25, 0.3) is 0 Å². The van der Waals surface area contributed by atoms with Gasteiger partial charge in [-0.25, -0.2) is 0 Å². The fourth-order valence-electron chi connectivity index (χ4n) is 3.31. The first-order valence-electron chi connectivity index (χ1n) is 4.94. The van der Waals surface area contributed by atoms with Crippen LogP contribution in [-0.4, -0.2) is 12.1 Å². The summed E-state index contributed by atoms with van der Waals surface area (Å²) in [6, 6.07) is 9.83. The van der Waals surface area contributed by atoms with Crippen LogP contribution in [0.5, 0.6) is 0 Å². The highest BCUT2D eigenvalue weighted by Gasteiger charge is 2.55. The zero-order chi connectivity index (χ0) is 8.41. The molecule has 0 spiro atoms. The molecule has 1 aromatic rings. The normalized spacial score (nSPS) is 42.8. The van der Waals surface area contributed by atoms with Crippen molar-refractivity contribution in [2.45, 2.75) is 30.3 Å². The quantitative estimate of drug-likeness (QED) is 0.571. The van der Waals surface area contributed by atoms with Crippen LogP contribution in [0, 0.1) is 0 Å². The maximum absolute atomic E-state index is 4.37. The van der Waals surface area contributed by atoms with E-state index in [1.165, 1.54) is 12.0 Å². The Labute approximate surface area is 76.7 Å². The number of benzene rings is 1. The summed E-state index contributed by atoms with van der Waals surface area (Å²) in [6.07, 6.45) is 1.25. The molecule has 1 saturated carbocycles. The molecular formula is C11H10N2. The minimum absolute atomic E-state index is 0.502. The van der Waals surface area contributed by atoms with Gasteiger partial charge in [-0.1, -0.05) is 24.3 Å². The molecular weight excluding hydrogens is 160 g/mol. The van der Waals surface area contributed by atoms with Gasteiger partial charge in [0.05, 0.1) is 12.1 Å². The summed E-state index contributed by atoms with van der Waals surface area (Å²) in [7, 11) is 0. The lowest BCUT2D eigenvalue weighted by molar-refractivity contribution is 0.559. The lowest BCUT2D eigenvalue weighted by Crippen LogP contribution is -2.11. The van der Waals surface area contributed by atoms with Crippen LogP contribution >= 0.6 is 0 Å². The summed E-state index contributed by atoms with van der Waals surface area (Å²) in [6.45, 7) is 0. The molecule has 0 N–H and O–H groups in total. The Morgan fingerprint density at radius 2 is 1.92 bits per heavy atom. The van der Waals surface area contributed by atoms with Gasteiger partial charge in [0, 0.05) is 11.8 Å². The molecule has 0 saturated heterocycles. The van der Waals surface area contributed by atoms with Crippen LogP contribution < -0.4 is 0 Å². The van der Waals surface area contributed by atoms with Gasteiger partial charge in [-0.15, -0.1) is 0 Å². The monoisotopic (exact) mass is 170 g/mol. The highest BCUT2D eigenvalue weighted by Crippen LogP contribution is 2.58. The third-order valence-electron chi connectivity index (χ3n) is 3.79. The molecule has 4 atom stereocenters. The molecule has 64 valence electrons. The van der Waals surface area contributed by atoms with Crippen molar-refractivity contribution in [3.05, 3.63) is 35.4 Å². The van der Waals surface area contributed by atoms with Gasteiger partial charge in [-0.3, -0.25) is 0 Å². The fraction of sp³-hybridized carbons (Fsp3) is 0.455. The second kappa shape index (κ2) is 1.84. The topological polar surface area (TPSA) is 24.7 Å². The molecule has 2 heteroatoms. The van der Waals surface area contributed by atoms with E-state index in [0.29, 0.717) is 23.9 Å². The fourth-order valence-corrected chi connectivity index (χ4v) is 3.31. The van der Waals surface area contributed by atoms with Crippen molar-refractivity contribution < 1.29 is 0 Å². The molecule has 4 bridgehead atoms. The molecule has 13 heavy (non-hydrogen) atoms. The number of hydrogen-bond acceptors (Lipinski definition) is 2. The van der Waals surface area contributed by atoms with E-state index in [0.717, 1.165) is 0 Å². The largest absolute Gasteiger partial charge is 0.190 e. The number of nitrogens with zero attached hydrogens (tertiary/aromatic N) is 2. The lowest BCUT2D eigenvalue weighted by Gasteiger charge is -2.19. The van der Waals surface area contributed by atoms with Crippen molar-refractivity contribution in [3.8, 4) is 0 Å². The molecule has 2 nitrogen and oxygen atoms in total. The van der Waals surface area contributed by atoms with Crippen molar-refractivity contribution in [1.29, 1.82) is 0 Å². The molecule has 3 aliphatic rings. The first-order chi connectivity index (χ1) is 6.45. The van der Waals surface area contributed by atoms with Crippen molar-refractivity contribution in [2.75, 3.05) is 0 Å². The first kappa shape index (κ1) is 6.30. The number of rotatable bonds is 0. The highest BCUT2D eigenvalue weighted by atomic mass is 15.2. The maximum Gasteiger partial charge on any atom is 0.0867 e. The van der Waals surface area contributed by atoms with Crippen LogP contribution in [0.1, 0.15) is 29.4 Å². The SMILES string of the molecule is c1ccc2c(c1)[C@@H]1[C@@H]3N=N[C@@H]1C[C@H]23. The molecule has 0 aromatic heterocycles. The average molecular weight is 170 g/mol. The van der Waals surface area contributed by atoms with Gasteiger partial charge in [0.1, 0.15) is 0 Å². The van der Waals surface area contributed by atoms with Gasteiger partial charge in [-0.05, 0) is 17.5 Å². The predicted octanol–water partition coefficient (Wildman–Crippen LogP) is 2.47. The molecule has 0 amide bonds. The third-order valence-corrected chi connectivity index (χ3v) is 3.79. The van der Waals surface area contributed by atoms with Crippen LogP contribution in [0.15, 0.2) is 34.5 Å². The van der Waals surface area contributed by atoms with Gasteiger partial charge in [0.15, 0.2) is 0 Å². The average Bonchev–Trinajstić information content (AvgIpc) is 2.82. The van der Waals surface area contributed by atoms with Crippen molar-refractivity contribution in [3.63, 3.8) is 0 Å². The van der Waals surface area contributed by atoms with Crippen LogP contribution in [0.2, 0.25) is 0 Å². The van der Waals surface area contributed by atoms with Crippen LogP contribution in [-0.2, 0) is 0 Å². The summed E-state index contributed by atoms with van der Waals surface area (Å²) in [5.41, 5.74) is 3.08. The van der Waals surface area contributed by atoms with E-state index in [-0.39, 0.29) is 0 Å². The van der Waals surface area contributed by atoms with Gasteiger partial charge in [0.2, 0.25) is 0 Å². The Hall–Kier alpha value is -1.18. The van der Waals surface area contributed by atoms with E-state index < -0.39 is 0 Å². The minimum Gasteiger partial charge on any atom is -0.190 e. The van der Waals surface area contributed by atoms with Crippen molar-refractivity contribution in [2.24, 2.45) is 10.2 Å². The van der Waals surface area contributed by atoms with E-state index >= 15 is 0 Å². The highest BCUT2D eigenvalue weighted by molar-refractivity contribution is 5.47. The van der Waals surface area contributed by atoms with Crippen LogP contribution in [0.4, 0.5) is 0 Å². The standard InChI is InChI=1S/C11H10N2/c1-2-4-7-6(3-1)8-5-9-10(7)11(8)13-12-9/h1-4,8-11H,5H2/t8-,9-,10+,11-/m1/s1. The third kappa shape index (κ3) is 0.559. The van der Waals surface area contributed by atoms with E-state index in [9.17, 15) is 0 Å². The van der Waals surface area contributed by atoms with E-state index in [2.05, 4.69) is 34.5 Å². The molecule has 1 fully saturated rings. The van der Waals surface area contributed by atoms with Gasteiger partial charge in [-0.2, -0.15) is 10.2 Å². The number of fused-ring (bicyclic) bond motifs is 2.